The molecule has 2 amide bonds. The zero-order valence-corrected chi connectivity index (χ0v) is 14.3. The SMILES string of the molecule is O=C1c2ccccc2C(=O)N1CCCSc1ccc2ccccc2n1. The van der Waals surface area contributed by atoms with Crippen molar-refractivity contribution in [1.82, 2.24) is 9.88 Å². The zero-order chi connectivity index (χ0) is 17.2. The van der Waals surface area contributed by atoms with Gasteiger partial charge in [0.1, 0.15) is 0 Å². The summed E-state index contributed by atoms with van der Waals surface area (Å²) in [6.07, 6.45) is 0.741. The molecule has 0 atom stereocenters. The standard InChI is InChI=1S/C20H16N2O2S/c23-19-15-7-2-3-8-16(15)20(24)22(19)12-5-13-25-18-11-10-14-6-1-4-9-17(14)21-18/h1-4,6-11H,5,12-13H2. The van der Waals surface area contributed by atoms with Crippen LogP contribution in [0.2, 0.25) is 0 Å². The third-order valence-corrected chi connectivity index (χ3v) is 5.24. The monoisotopic (exact) mass is 348 g/mol. The van der Waals surface area contributed by atoms with Crippen LogP contribution in [0.4, 0.5) is 0 Å². The van der Waals surface area contributed by atoms with Crippen molar-refractivity contribution in [2.75, 3.05) is 12.3 Å². The number of amides is 2. The van der Waals surface area contributed by atoms with Crippen molar-refractivity contribution in [2.45, 2.75) is 11.4 Å². The lowest BCUT2D eigenvalue weighted by molar-refractivity contribution is 0.0655. The van der Waals surface area contributed by atoms with E-state index in [0.29, 0.717) is 17.7 Å². The second-order valence-electron chi connectivity index (χ2n) is 5.85. The van der Waals surface area contributed by atoms with E-state index in [0.717, 1.165) is 28.1 Å². The van der Waals surface area contributed by atoms with Gasteiger partial charge in [-0.3, -0.25) is 14.5 Å². The first kappa shape index (κ1) is 15.8. The Bertz CT molecular complexity index is 936. The molecule has 0 bridgehead atoms. The van der Waals surface area contributed by atoms with Crippen LogP contribution >= 0.6 is 11.8 Å². The van der Waals surface area contributed by atoms with E-state index in [9.17, 15) is 9.59 Å². The minimum absolute atomic E-state index is 0.186. The number of rotatable bonds is 5. The van der Waals surface area contributed by atoms with E-state index in [2.05, 4.69) is 11.1 Å². The molecule has 0 spiro atoms. The lowest BCUT2D eigenvalue weighted by Gasteiger charge is -2.13. The number of imide groups is 1. The molecule has 1 aliphatic rings. The summed E-state index contributed by atoms with van der Waals surface area (Å²) >= 11 is 1.64. The fourth-order valence-electron chi connectivity index (χ4n) is 2.97. The fraction of sp³-hybridized carbons (Fsp3) is 0.150. The van der Waals surface area contributed by atoms with Gasteiger partial charge >= 0.3 is 0 Å². The van der Waals surface area contributed by atoms with Crippen LogP contribution < -0.4 is 0 Å². The topological polar surface area (TPSA) is 50.3 Å². The quantitative estimate of drug-likeness (QED) is 0.397. The summed E-state index contributed by atoms with van der Waals surface area (Å²) in [5.74, 6) is 0.433. The van der Waals surface area contributed by atoms with Crippen LogP contribution in [0.25, 0.3) is 10.9 Å². The smallest absolute Gasteiger partial charge is 0.261 e. The van der Waals surface area contributed by atoms with E-state index in [-0.39, 0.29) is 11.8 Å². The first-order valence-corrected chi connectivity index (χ1v) is 9.16. The van der Waals surface area contributed by atoms with Crippen molar-refractivity contribution in [2.24, 2.45) is 0 Å². The van der Waals surface area contributed by atoms with E-state index in [4.69, 9.17) is 0 Å². The highest BCUT2D eigenvalue weighted by Crippen LogP contribution is 2.24. The third kappa shape index (κ3) is 3.03. The molecule has 4 rings (SSSR count). The number of aromatic nitrogens is 1. The number of nitrogens with zero attached hydrogens (tertiary/aromatic N) is 2. The number of hydrogen-bond acceptors (Lipinski definition) is 4. The Kier molecular flexibility index (Phi) is 4.24. The Morgan fingerprint density at radius 1 is 0.840 bits per heavy atom. The minimum Gasteiger partial charge on any atom is -0.274 e. The van der Waals surface area contributed by atoms with Crippen molar-refractivity contribution >= 4 is 34.5 Å². The summed E-state index contributed by atoms with van der Waals surface area (Å²) in [4.78, 5) is 30.6. The summed E-state index contributed by atoms with van der Waals surface area (Å²) in [6.45, 7) is 0.437. The highest BCUT2D eigenvalue weighted by molar-refractivity contribution is 7.99. The maximum atomic E-state index is 12.3. The molecule has 0 saturated carbocycles. The van der Waals surface area contributed by atoms with Crippen LogP contribution in [-0.2, 0) is 0 Å². The molecule has 2 heterocycles. The van der Waals surface area contributed by atoms with Crippen molar-refractivity contribution < 1.29 is 9.59 Å². The van der Waals surface area contributed by atoms with Crippen LogP contribution in [0.5, 0.6) is 0 Å². The molecule has 0 N–H and O–H groups in total. The van der Waals surface area contributed by atoms with Gasteiger partial charge in [0.05, 0.1) is 21.7 Å². The van der Waals surface area contributed by atoms with Crippen LogP contribution in [0, 0.1) is 0 Å². The minimum atomic E-state index is -0.186. The fourth-order valence-corrected chi connectivity index (χ4v) is 3.78. The molecule has 0 radical (unpaired) electrons. The molecule has 5 heteroatoms. The average Bonchev–Trinajstić information content (AvgIpc) is 2.90. The Hall–Kier alpha value is -2.66. The van der Waals surface area contributed by atoms with Gasteiger partial charge in [0.2, 0.25) is 0 Å². The Morgan fingerprint density at radius 2 is 1.52 bits per heavy atom. The Morgan fingerprint density at radius 3 is 2.28 bits per heavy atom. The first-order chi connectivity index (χ1) is 12.2. The molecule has 4 nitrogen and oxygen atoms in total. The molecule has 0 fully saturated rings. The summed E-state index contributed by atoms with van der Waals surface area (Å²) < 4.78 is 0. The average molecular weight is 348 g/mol. The lowest BCUT2D eigenvalue weighted by atomic mass is 10.1. The Balaban J connectivity index is 1.35. The van der Waals surface area contributed by atoms with Crippen LogP contribution in [0.1, 0.15) is 27.1 Å². The number of carbonyl (C=O) groups is 2. The molecular weight excluding hydrogens is 332 g/mol. The number of benzene rings is 2. The van der Waals surface area contributed by atoms with Crippen LogP contribution in [-0.4, -0.2) is 34.0 Å². The number of hydrogen-bond donors (Lipinski definition) is 0. The maximum Gasteiger partial charge on any atom is 0.261 e. The zero-order valence-electron chi connectivity index (χ0n) is 13.5. The van der Waals surface area contributed by atoms with Gasteiger partial charge in [-0.25, -0.2) is 4.98 Å². The number of thioether (sulfide) groups is 1. The van der Waals surface area contributed by atoms with Crippen molar-refractivity contribution in [3.8, 4) is 0 Å². The second-order valence-corrected chi connectivity index (χ2v) is 6.97. The predicted molar refractivity (Wildman–Crippen MR) is 98.9 cm³/mol. The molecular formula is C20H16N2O2S. The molecule has 2 aromatic carbocycles. The van der Waals surface area contributed by atoms with Gasteiger partial charge in [-0.2, -0.15) is 0 Å². The van der Waals surface area contributed by atoms with Crippen molar-refractivity contribution in [3.63, 3.8) is 0 Å². The van der Waals surface area contributed by atoms with Gasteiger partial charge in [0, 0.05) is 17.7 Å². The third-order valence-electron chi connectivity index (χ3n) is 4.23. The highest BCUT2D eigenvalue weighted by Gasteiger charge is 2.34. The van der Waals surface area contributed by atoms with Gasteiger partial charge in [-0.1, -0.05) is 36.4 Å². The second kappa shape index (κ2) is 6.69. The van der Waals surface area contributed by atoms with Gasteiger partial charge in [0.25, 0.3) is 11.8 Å². The lowest BCUT2D eigenvalue weighted by Crippen LogP contribution is -2.30. The number of para-hydroxylation sites is 1. The Labute approximate surface area is 149 Å². The molecule has 0 aliphatic carbocycles. The highest BCUT2D eigenvalue weighted by atomic mass is 32.2. The summed E-state index contributed by atoms with van der Waals surface area (Å²) in [6, 6.07) is 19.1. The molecule has 3 aromatic rings. The van der Waals surface area contributed by atoms with E-state index >= 15 is 0 Å². The van der Waals surface area contributed by atoms with E-state index in [1.54, 1.807) is 36.0 Å². The van der Waals surface area contributed by atoms with Gasteiger partial charge in [-0.05, 0) is 30.7 Å². The number of pyridine rings is 1. The summed E-state index contributed by atoms with van der Waals surface area (Å²) in [5, 5.41) is 2.08. The summed E-state index contributed by atoms with van der Waals surface area (Å²) in [5.41, 5.74) is 2.00. The maximum absolute atomic E-state index is 12.3. The number of fused-ring (bicyclic) bond motifs is 2. The molecule has 0 saturated heterocycles. The molecule has 1 aliphatic heterocycles. The van der Waals surface area contributed by atoms with Gasteiger partial charge < -0.3 is 0 Å². The molecule has 25 heavy (non-hydrogen) atoms. The van der Waals surface area contributed by atoms with E-state index in [1.165, 1.54) is 4.90 Å². The predicted octanol–water partition coefficient (Wildman–Crippen LogP) is 4.01. The van der Waals surface area contributed by atoms with Gasteiger partial charge in [-0.15, -0.1) is 11.8 Å². The molecule has 0 unspecified atom stereocenters. The van der Waals surface area contributed by atoms with E-state index < -0.39 is 0 Å². The molecule has 1 aromatic heterocycles. The van der Waals surface area contributed by atoms with Crippen molar-refractivity contribution in [1.29, 1.82) is 0 Å². The number of carbonyl (C=O) groups excluding carboxylic acids is 2. The first-order valence-electron chi connectivity index (χ1n) is 8.18. The van der Waals surface area contributed by atoms with Crippen molar-refractivity contribution in [3.05, 3.63) is 71.8 Å². The summed E-state index contributed by atoms with van der Waals surface area (Å²) in [7, 11) is 0. The van der Waals surface area contributed by atoms with E-state index in [1.807, 2.05) is 30.3 Å². The van der Waals surface area contributed by atoms with Crippen LogP contribution in [0.15, 0.2) is 65.7 Å². The van der Waals surface area contributed by atoms with Gasteiger partial charge in [0.15, 0.2) is 0 Å². The normalized spacial score (nSPS) is 13.5. The molecule has 124 valence electrons. The largest absolute Gasteiger partial charge is 0.274 e. The van der Waals surface area contributed by atoms with Crippen LogP contribution in [0.3, 0.4) is 0 Å².